The summed E-state index contributed by atoms with van der Waals surface area (Å²) < 4.78 is 5.52. The first kappa shape index (κ1) is 11.9. The fourth-order valence-electron chi connectivity index (χ4n) is 3.39. The molecule has 3 rings (SSSR count). The molecule has 0 amide bonds. The minimum Gasteiger partial charge on any atom is -0.381 e. The first-order chi connectivity index (χ1) is 8.36. The van der Waals surface area contributed by atoms with Gasteiger partial charge in [-0.25, -0.2) is 0 Å². The van der Waals surface area contributed by atoms with Crippen molar-refractivity contribution in [3.63, 3.8) is 0 Å². The van der Waals surface area contributed by atoms with E-state index in [0.29, 0.717) is 6.04 Å². The van der Waals surface area contributed by atoms with E-state index in [2.05, 4.69) is 17.1 Å². The summed E-state index contributed by atoms with van der Waals surface area (Å²) >= 11 is 0. The minimum absolute atomic E-state index is 0.715. The molecule has 1 aliphatic carbocycles. The molecule has 1 saturated carbocycles. The second-order valence-electron chi connectivity index (χ2n) is 6.10. The van der Waals surface area contributed by atoms with Crippen LogP contribution < -0.4 is 5.32 Å². The molecule has 3 atom stereocenters. The lowest BCUT2D eigenvalue weighted by molar-refractivity contribution is 0.0889. The summed E-state index contributed by atoms with van der Waals surface area (Å²) in [7, 11) is 0. The monoisotopic (exact) mass is 238 g/mol. The predicted octanol–water partition coefficient (Wildman–Crippen LogP) is 1.49. The third kappa shape index (κ3) is 2.83. The van der Waals surface area contributed by atoms with Crippen molar-refractivity contribution in [3.05, 3.63) is 0 Å². The molecular weight excluding hydrogens is 212 g/mol. The van der Waals surface area contributed by atoms with Gasteiger partial charge in [-0.05, 0) is 37.5 Å². The van der Waals surface area contributed by atoms with Crippen LogP contribution in [0.4, 0.5) is 0 Å². The van der Waals surface area contributed by atoms with Crippen molar-refractivity contribution in [2.24, 2.45) is 11.8 Å². The highest BCUT2D eigenvalue weighted by atomic mass is 16.5. The normalized spacial score (nSPS) is 39.7. The van der Waals surface area contributed by atoms with Crippen LogP contribution >= 0.6 is 0 Å². The van der Waals surface area contributed by atoms with Crippen LogP contribution in [0.25, 0.3) is 0 Å². The summed E-state index contributed by atoms with van der Waals surface area (Å²) in [4.78, 5) is 2.78. The van der Waals surface area contributed by atoms with Gasteiger partial charge in [-0.15, -0.1) is 0 Å². The Morgan fingerprint density at radius 3 is 2.82 bits per heavy atom. The average Bonchev–Trinajstić information content (AvgIpc) is 3.07. The minimum atomic E-state index is 0.715. The molecule has 1 N–H and O–H groups in total. The molecule has 0 aromatic rings. The maximum atomic E-state index is 5.52. The van der Waals surface area contributed by atoms with Crippen molar-refractivity contribution in [1.82, 2.24) is 10.2 Å². The number of hydrogen-bond acceptors (Lipinski definition) is 3. The number of rotatable bonds is 4. The van der Waals surface area contributed by atoms with Crippen LogP contribution in [-0.2, 0) is 4.74 Å². The number of ether oxygens (including phenoxy) is 1. The van der Waals surface area contributed by atoms with E-state index in [-0.39, 0.29) is 0 Å². The summed E-state index contributed by atoms with van der Waals surface area (Å²) in [5, 5.41) is 3.72. The van der Waals surface area contributed by atoms with Crippen LogP contribution in [0, 0.1) is 11.8 Å². The Kier molecular flexibility index (Phi) is 3.69. The van der Waals surface area contributed by atoms with E-state index in [4.69, 9.17) is 4.74 Å². The molecule has 2 saturated heterocycles. The topological polar surface area (TPSA) is 24.5 Å². The Hall–Kier alpha value is -0.120. The fourth-order valence-corrected chi connectivity index (χ4v) is 3.39. The Balaban J connectivity index is 1.59. The van der Waals surface area contributed by atoms with Crippen LogP contribution in [0.2, 0.25) is 0 Å². The Bertz CT molecular complexity index is 249. The highest BCUT2D eigenvalue weighted by Gasteiger charge is 2.39. The van der Waals surface area contributed by atoms with Gasteiger partial charge in [0.25, 0.3) is 0 Å². The zero-order valence-electron chi connectivity index (χ0n) is 11.0. The van der Waals surface area contributed by atoms with Gasteiger partial charge in [0.05, 0.1) is 6.61 Å². The van der Waals surface area contributed by atoms with Gasteiger partial charge in [-0.3, -0.25) is 4.90 Å². The van der Waals surface area contributed by atoms with Gasteiger partial charge in [0.1, 0.15) is 0 Å². The Labute approximate surface area is 105 Å². The Morgan fingerprint density at radius 1 is 1.29 bits per heavy atom. The first-order valence-corrected chi connectivity index (χ1v) is 7.42. The summed E-state index contributed by atoms with van der Waals surface area (Å²) in [6.07, 6.45) is 5.45. The van der Waals surface area contributed by atoms with Crippen LogP contribution in [0.3, 0.4) is 0 Å². The molecule has 17 heavy (non-hydrogen) atoms. The molecule has 3 fully saturated rings. The number of piperazine rings is 1. The van der Waals surface area contributed by atoms with Gasteiger partial charge in [0.2, 0.25) is 0 Å². The van der Waals surface area contributed by atoms with E-state index >= 15 is 0 Å². The van der Waals surface area contributed by atoms with Gasteiger partial charge in [-0.2, -0.15) is 0 Å². The zero-order valence-corrected chi connectivity index (χ0v) is 11.0. The van der Waals surface area contributed by atoms with E-state index < -0.39 is 0 Å². The number of nitrogens with one attached hydrogen (secondary N) is 1. The highest BCUT2D eigenvalue weighted by molar-refractivity contribution is 4.95. The number of hydrogen-bond donors (Lipinski definition) is 1. The molecule has 2 heterocycles. The van der Waals surface area contributed by atoms with Gasteiger partial charge in [0.15, 0.2) is 0 Å². The SMILES string of the molecule is CCC1CN(CC2CCOC2)C(C2CC2)CN1. The molecule has 0 aromatic carbocycles. The third-order valence-electron chi connectivity index (χ3n) is 4.72. The molecule has 3 unspecified atom stereocenters. The van der Waals surface area contributed by atoms with E-state index in [1.54, 1.807) is 0 Å². The maximum absolute atomic E-state index is 5.52. The predicted molar refractivity (Wildman–Crippen MR) is 69.1 cm³/mol. The average molecular weight is 238 g/mol. The first-order valence-electron chi connectivity index (χ1n) is 7.42. The lowest BCUT2D eigenvalue weighted by Crippen LogP contribution is -2.58. The van der Waals surface area contributed by atoms with E-state index in [0.717, 1.165) is 31.1 Å². The van der Waals surface area contributed by atoms with E-state index in [1.807, 2.05) is 0 Å². The van der Waals surface area contributed by atoms with E-state index in [1.165, 1.54) is 45.3 Å². The molecule has 0 radical (unpaired) electrons. The Morgan fingerprint density at radius 2 is 2.18 bits per heavy atom. The van der Waals surface area contributed by atoms with Gasteiger partial charge in [0, 0.05) is 38.3 Å². The van der Waals surface area contributed by atoms with Crippen molar-refractivity contribution in [3.8, 4) is 0 Å². The lowest BCUT2D eigenvalue weighted by Gasteiger charge is -2.41. The van der Waals surface area contributed by atoms with Crippen molar-refractivity contribution in [2.75, 3.05) is 32.8 Å². The highest BCUT2D eigenvalue weighted by Crippen LogP contribution is 2.37. The van der Waals surface area contributed by atoms with Crippen molar-refractivity contribution < 1.29 is 4.74 Å². The largest absolute Gasteiger partial charge is 0.381 e. The second-order valence-corrected chi connectivity index (χ2v) is 6.10. The smallest absolute Gasteiger partial charge is 0.0507 e. The van der Waals surface area contributed by atoms with Gasteiger partial charge in [-0.1, -0.05) is 6.92 Å². The zero-order chi connectivity index (χ0) is 11.7. The van der Waals surface area contributed by atoms with Crippen LogP contribution in [0.5, 0.6) is 0 Å². The quantitative estimate of drug-likeness (QED) is 0.803. The summed E-state index contributed by atoms with van der Waals surface area (Å²) in [5.41, 5.74) is 0. The molecule has 3 nitrogen and oxygen atoms in total. The molecule has 0 spiro atoms. The summed E-state index contributed by atoms with van der Waals surface area (Å²) in [6, 6.07) is 1.53. The van der Waals surface area contributed by atoms with Gasteiger partial charge >= 0.3 is 0 Å². The standard InChI is InChI=1S/C14H26N2O/c1-2-13-9-16(8-11-5-6-17-10-11)14(7-15-13)12-3-4-12/h11-15H,2-10H2,1H3. The molecule has 0 bridgehead atoms. The maximum Gasteiger partial charge on any atom is 0.0507 e. The fraction of sp³-hybridized carbons (Fsp3) is 1.00. The summed E-state index contributed by atoms with van der Waals surface area (Å²) in [6.45, 7) is 8.04. The molecule has 3 aliphatic rings. The molecule has 3 heteroatoms. The van der Waals surface area contributed by atoms with Crippen molar-refractivity contribution in [1.29, 1.82) is 0 Å². The van der Waals surface area contributed by atoms with Gasteiger partial charge < -0.3 is 10.1 Å². The molecular formula is C14H26N2O. The second kappa shape index (κ2) is 5.25. The number of nitrogens with zero attached hydrogens (tertiary/aromatic N) is 1. The van der Waals surface area contributed by atoms with Crippen LogP contribution in [-0.4, -0.2) is 49.8 Å². The lowest BCUT2D eigenvalue weighted by atomic mass is 10.00. The van der Waals surface area contributed by atoms with Crippen molar-refractivity contribution in [2.45, 2.75) is 44.7 Å². The molecule has 0 aromatic heterocycles. The molecule has 98 valence electrons. The summed E-state index contributed by atoms with van der Waals surface area (Å²) in [5.74, 6) is 1.79. The van der Waals surface area contributed by atoms with Crippen molar-refractivity contribution >= 4 is 0 Å². The molecule has 2 aliphatic heterocycles. The van der Waals surface area contributed by atoms with E-state index in [9.17, 15) is 0 Å². The third-order valence-corrected chi connectivity index (χ3v) is 4.72. The van der Waals surface area contributed by atoms with Crippen LogP contribution in [0.1, 0.15) is 32.6 Å². The van der Waals surface area contributed by atoms with Crippen LogP contribution in [0.15, 0.2) is 0 Å².